The molecule has 2 aromatic carbocycles. The monoisotopic (exact) mass is 445 g/mol. The van der Waals surface area contributed by atoms with E-state index in [1.807, 2.05) is 13.0 Å². The minimum Gasteiger partial charge on any atom is -0.462 e. The number of hydrogen-bond donors (Lipinski definition) is 1. The van der Waals surface area contributed by atoms with Gasteiger partial charge in [0.2, 0.25) is 11.8 Å². The number of aromatic nitrogens is 2. The first-order valence-corrected chi connectivity index (χ1v) is 10.7. The van der Waals surface area contributed by atoms with E-state index in [1.165, 1.54) is 0 Å². The number of benzene rings is 2. The molecule has 0 fully saturated rings. The van der Waals surface area contributed by atoms with Gasteiger partial charge in [-0.3, -0.25) is 4.79 Å². The van der Waals surface area contributed by atoms with Gasteiger partial charge >= 0.3 is 5.97 Å². The molecule has 9 heteroatoms. The number of amides is 1. The molecule has 1 amide bonds. The van der Waals surface area contributed by atoms with E-state index in [1.54, 1.807) is 42.5 Å². The fourth-order valence-corrected chi connectivity index (χ4v) is 3.17. The highest BCUT2D eigenvalue weighted by atomic mass is 35.5. The van der Waals surface area contributed by atoms with Crippen molar-refractivity contribution in [3.8, 4) is 11.5 Å². The number of carbonyl (C=O) groups excluding carboxylic acids is 2. The molecular formula is C21H20ClN3O4S. The average molecular weight is 446 g/mol. The first kappa shape index (κ1) is 21.9. The van der Waals surface area contributed by atoms with Crippen molar-refractivity contribution < 1.29 is 18.7 Å². The van der Waals surface area contributed by atoms with E-state index in [0.717, 1.165) is 24.6 Å². The molecule has 0 saturated carbocycles. The van der Waals surface area contributed by atoms with Crippen LogP contribution in [0, 0.1) is 0 Å². The summed E-state index contributed by atoms with van der Waals surface area (Å²) in [6, 6.07) is 13.6. The molecule has 30 heavy (non-hydrogen) atoms. The number of ether oxygens (including phenoxy) is 1. The van der Waals surface area contributed by atoms with Crippen LogP contribution in [0.4, 0.5) is 5.69 Å². The summed E-state index contributed by atoms with van der Waals surface area (Å²) in [7, 11) is 0. The van der Waals surface area contributed by atoms with E-state index >= 15 is 0 Å². The molecule has 0 radical (unpaired) electrons. The molecule has 3 rings (SSSR count). The van der Waals surface area contributed by atoms with Gasteiger partial charge in [0.1, 0.15) is 0 Å². The smallest absolute Gasteiger partial charge is 0.338 e. The first-order valence-electron chi connectivity index (χ1n) is 9.34. The van der Waals surface area contributed by atoms with Crippen LogP contribution in [0.3, 0.4) is 0 Å². The predicted molar refractivity (Wildman–Crippen MR) is 116 cm³/mol. The van der Waals surface area contributed by atoms with Crippen molar-refractivity contribution >= 4 is 40.9 Å². The van der Waals surface area contributed by atoms with Crippen molar-refractivity contribution in [2.45, 2.75) is 25.0 Å². The standard InChI is InChI=1S/C21H20ClN3O4S/c1-2-3-11-28-20(27)14-7-9-17(10-8-14)23-18(26)13-30-21-25-24-19(29-21)15-5-4-6-16(22)12-15/h4-10,12H,2-3,11,13H2,1H3,(H,23,26). The van der Waals surface area contributed by atoms with Gasteiger partial charge in [0.05, 0.1) is 17.9 Å². The summed E-state index contributed by atoms with van der Waals surface area (Å²) >= 11 is 7.09. The summed E-state index contributed by atoms with van der Waals surface area (Å²) in [5, 5.41) is 11.5. The summed E-state index contributed by atoms with van der Waals surface area (Å²) in [4.78, 5) is 24.1. The maximum atomic E-state index is 12.2. The minimum atomic E-state index is -0.371. The fourth-order valence-electron chi connectivity index (χ4n) is 2.41. The van der Waals surface area contributed by atoms with E-state index in [2.05, 4.69) is 15.5 Å². The van der Waals surface area contributed by atoms with Crippen LogP contribution < -0.4 is 5.32 Å². The Balaban J connectivity index is 1.48. The van der Waals surface area contributed by atoms with Crippen molar-refractivity contribution in [3.63, 3.8) is 0 Å². The summed E-state index contributed by atoms with van der Waals surface area (Å²) in [6.07, 6.45) is 1.79. The van der Waals surface area contributed by atoms with Gasteiger partial charge in [-0.1, -0.05) is 42.8 Å². The number of carbonyl (C=O) groups is 2. The van der Waals surface area contributed by atoms with Crippen LogP contribution in [0.25, 0.3) is 11.5 Å². The van der Waals surface area contributed by atoms with Crippen molar-refractivity contribution in [2.75, 3.05) is 17.7 Å². The summed E-state index contributed by atoms with van der Waals surface area (Å²) in [5.74, 6) is -0.177. The molecule has 7 nitrogen and oxygen atoms in total. The number of esters is 1. The second-order valence-corrected chi connectivity index (χ2v) is 7.65. The van der Waals surface area contributed by atoms with E-state index in [9.17, 15) is 9.59 Å². The lowest BCUT2D eigenvalue weighted by atomic mass is 10.2. The molecule has 0 aliphatic heterocycles. The summed E-state index contributed by atoms with van der Waals surface area (Å²) in [5.41, 5.74) is 1.73. The van der Waals surface area contributed by atoms with Gasteiger partial charge in [0.25, 0.3) is 5.22 Å². The van der Waals surface area contributed by atoms with Gasteiger partial charge in [-0.2, -0.15) is 0 Å². The van der Waals surface area contributed by atoms with Gasteiger partial charge in [0.15, 0.2) is 0 Å². The Bertz CT molecular complexity index is 1010. The maximum Gasteiger partial charge on any atom is 0.338 e. The Hall–Kier alpha value is -2.84. The Morgan fingerprint density at radius 1 is 1.17 bits per heavy atom. The third kappa shape index (κ3) is 6.33. The zero-order chi connectivity index (χ0) is 21.3. The Morgan fingerprint density at radius 3 is 2.70 bits per heavy atom. The van der Waals surface area contributed by atoms with E-state index in [-0.39, 0.29) is 22.9 Å². The third-order valence-electron chi connectivity index (χ3n) is 3.94. The largest absolute Gasteiger partial charge is 0.462 e. The van der Waals surface area contributed by atoms with Gasteiger partial charge in [0, 0.05) is 16.3 Å². The second-order valence-electron chi connectivity index (χ2n) is 6.29. The minimum absolute atomic E-state index is 0.0952. The fraction of sp³-hybridized carbons (Fsp3) is 0.238. The predicted octanol–water partition coefficient (Wildman–Crippen LogP) is 5.08. The highest BCUT2D eigenvalue weighted by Crippen LogP contribution is 2.25. The molecule has 0 aliphatic rings. The molecule has 1 N–H and O–H groups in total. The first-order chi connectivity index (χ1) is 14.5. The number of anilines is 1. The molecule has 1 aromatic heterocycles. The van der Waals surface area contributed by atoms with E-state index in [4.69, 9.17) is 20.8 Å². The van der Waals surface area contributed by atoms with Crippen LogP contribution in [0.2, 0.25) is 5.02 Å². The van der Waals surface area contributed by atoms with Gasteiger partial charge in [-0.05, 0) is 48.9 Å². The summed E-state index contributed by atoms with van der Waals surface area (Å²) in [6.45, 7) is 2.43. The van der Waals surface area contributed by atoms with E-state index in [0.29, 0.717) is 34.3 Å². The number of thioether (sulfide) groups is 1. The van der Waals surface area contributed by atoms with Crippen LogP contribution >= 0.6 is 23.4 Å². The number of hydrogen-bond acceptors (Lipinski definition) is 7. The van der Waals surface area contributed by atoms with Crippen LogP contribution in [-0.2, 0) is 9.53 Å². The normalized spacial score (nSPS) is 10.6. The zero-order valence-corrected chi connectivity index (χ0v) is 17.8. The topological polar surface area (TPSA) is 94.3 Å². The third-order valence-corrected chi connectivity index (χ3v) is 4.99. The van der Waals surface area contributed by atoms with Crippen LogP contribution in [0.1, 0.15) is 30.1 Å². The number of rotatable bonds is 9. The number of unbranched alkanes of at least 4 members (excludes halogenated alkanes) is 1. The van der Waals surface area contributed by atoms with E-state index < -0.39 is 0 Å². The molecule has 0 unspecified atom stereocenters. The number of nitrogens with zero attached hydrogens (tertiary/aromatic N) is 2. The Kier molecular flexibility index (Phi) is 7.87. The molecule has 0 aliphatic carbocycles. The molecule has 0 atom stereocenters. The molecule has 0 bridgehead atoms. The Labute approximate surface area is 183 Å². The summed E-state index contributed by atoms with van der Waals surface area (Å²) < 4.78 is 10.7. The maximum absolute atomic E-state index is 12.2. The molecule has 0 spiro atoms. The lowest BCUT2D eigenvalue weighted by Gasteiger charge is -2.06. The van der Waals surface area contributed by atoms with Gasteiger partial charge < -0.3 is 14.5 Å². The second kappa shape index (κ2) is 10.8. The lowest BCUT2D eigenvalue weighted by molar-refractivity contribution is -0.113. The highest BCUT2D eigenvalue weighted by molar-refractivity contribution is 7.99. The van der Waals surface area contributed by atoms with Crippen LogP contribution in [-0.4, -0.2) is 34.4 Å². The van der Waals surface area contributed by atoms with Crippen molar-refractivity contribution in [1.29, 1.82) is 0 Å². The molecule has 0 saturated heterocycles. The molecule has 1 heterocycles. The molecule has 156 valence electrons. The van der Waals surface area contributed by atoms with Gasteiger partial charge in [-0.25, -0.2) is 4.79 Å². The average Bonchev–Trinajstić information content (AvgIpc) is 3.22. The van der Waals surface area contributed by atoms with Gasteiger partial charge in [-0.15, -0.1) is 10.2 Å². The highest BCUT2D eigenvalue weighted by Gasteiger charge is 2.12. The van der Waals surface area contributed by atoms with Crippen LogP contribution in [0.5, 0.6) is 0 Å². The Morgan fingerprint density at radius 2 is 1.97 bits per heavy atom. The lowest BCUT2D eigenvalue weighted by Crippen LogP contribution is -2.14. The van der Waals surface area contributed by atoms with Crippen LogP contribution in [0.15, 0.2) is 58.2 Å². The quantitative estimate of drug-likeness (QED) is 0.279. The van der Waals surface area contributed by atoms with Crippen molar-refractivity contribution in [3.05, 3.63) is 59.1 Å². The molecular weight excluding hydrogens is 426 g/mol. The SMILES string of the molecule is CCCCOC(=O)c1ccc(NC(=O)CSc2nnc(-c3cccc(Cl)c3)o2)cc1. The van der Waals surface area contributed by atoms with Crippen molar-refractivity contribution in [2.24, 2.45) is 0 Å². The number of halogens is 1. The molecule has 3 aromatic rings. The zero-order valence-electron chi connectivity index (χ0n) is 16.3. The number of nitrogens with one attached hydrogen (secondary N) is 1. The van der Waals surface area contributed by atoms with Crippen molar-refractivity contribution in [1.82, 2.24) is 10.2 Å².